The Balaban J connectivity index is 2.04. The number of piperidine rings is 1. The summed E-state index contributed by atoms with van der Waals surface area (Å²) in [7, 11) is 1.84. The number of pyridine rings is 1. The predicted molar refractivity (Wildman–Crippen MR) is 81.0 cm³/mol. The van der Waals surface area contributed by atoms with Crippen molar-refractivity contribution in [1.29, 1.82) is 0 Å². The van der Waals surface area contributed by atoms with Crippen molar-refractivity contribution in [2.45, 2.75) is 32.2 Å². The van der Waals surface area contributed by atoms with Crippen molar-refractivity contribution < 1.29 is 4.79 Å². The average molecular weight is 287 g/mol. The van der Waals surface area contributed by atoms with Crippen LogP contribution in [-0.4, -0.2) is 44.7 Å². The second-order valence-corrected chi connectivity index (χ2v) is 5.70. The zero-order valence-electron chi connectivity index (χ0n) is 12.5. The van der Waals surface area contributed by atoms with Crippen molar-refractivity contribution in [3.63, 3.8) is 0 Å². The maximum absolute atomic E-state index is 13.0. The highest BCUT2D eigenvalue weighted by Gasteiger charge is 2.28. The second kappa shape index (κ2) is 5.44. The van der Waals surface area contributed by atoms with E-state index in [1.807, 2.05) is 24.9 Å². The minimum absolute atomic E-state index is 0.0497. The number of carbonyl (C=O) groups excluding carboxylic acids is 1. The molecule has 1 amide bonds. The molecule has 1 saturated heterocycles. The monoisotopic (exact) mass is 287 g/mol. The number of aromatic nitrogens is 3. The van der Waals surface area contributed by atoms with Crippen molar-refractivity contribution in [2.24, 2.45) is 12.8 Å². The summed E-state index contributed by atoms with van der Waals surface area (Å²) in [6.45, 7) is 3.20. The number of likely N-dealkylation sites (tertiary alicyclic amines) is 1. The average Bonchev–Trinajstić information content (AvgIpc) is 2.87. The molecule has 2 N–H and O–H groups in total. The molecule has 1 fully saturated rings. The van der Waals surface area contributed by atoms with Crippen LogP contribution in [0.5, 0.6) is 0 Å². The lowest BCUT2D eigenvalue weighted by Crippen LogP contribution is -2.47. The number of hydrogen-bond donors (Lipinski definition) is 1. The SMILES string of the molecule is Cc1cc(C(=O)N2CCCCC2CN)c2cnn(C)c2n1. The van der Waals surface area contributed by atoms with Crippen LogP contribution in [0.4, 0.5) is 0 Å². The van der Waals surface area contributed by atoms with Crippen LogP contribution in [0.1, 0.15) is 35.3 Å². The summed E-state index contributed by atoms with van der Waals surface area (Å²) in [5, 5.41) is 5.04. The molecule has 2 aromatic rings. The van der Waals surface area contributed by atoms with Crippen molar-refractivity contribution in [3.05, 3.63) is 23.5 Å². The third kappa shape index (κ3) is 2.40. The number of rotatable bonds is 2. The topological polar surface area (TPSA) is 77.0 Å². The third-order valence-electron chi connectivity index (χ3n) is 4.22. The number of aryl methyl sites for hydroxylation is 2. The molecule has 6 heteroatoms. The largest absolute Gasteiger partial charge is 0.334 e. The second-order valence-electron chi connectivity index (χ2n) is 5.70. The van der Waals surface area contributed by atoms with E-state index in [-0.39, 0.29) is 11.9 Å². The zero-order valence-corrected chi connectivity index (χ0v) is 12.5. The van der Waals surface area contributed by atoms with Crippen molar-refractivity contribution in [1.82, 2.24) is 19.7 Å². The van der Waals surface area contributed by atoms with Crippen molar-refractivity contribution in [2.75, 3.05) is 13.1 Å². The van der Waals surface area contributed by atoms with E-state index >= 15 is 0 Å². The number of hydrogen-bond acceptors (Lipinski definition) is 4. The van der Waals surface area contributed by atoms with Gasteiger partial charge in [-0.1, -0.05) is 0 Å². The summed E-state index contributed by atoms with van der Waals surface area (Å²) in [6, 6.07) is 2.00. The van der Waals surface area contributed by atoms with Gasteiger partial charge in [0.1, 0.15) is 0 Å². The summed E-state index contributed by atoms with van der Waals surface area (Å²) in [5.74, 6) is 0.0497. The molecule has 0 saturated carbocycles. The maximum atomic E-state index is 13.0. The zero-order chi connectivity index (χ0) is 15.0. The van der Waals surface area contributed by atoms with Gasteiger partial charge in [0.2, 0.25) is 0 Å². The number of fused-ring (bicyclic) bond motifs is 1. The van der Waals surface area contributed by atoms with E-state index in [2.05, 4.69) is 10.1 Å². The van der Waals surface area contributed by atoms with E-state index in [1.165, 1.54) is 0 Å². The van der Waals surface area contributed by atoms with Gasteiger partial charge in [-0.25, -0.2) is 4.98 Å². The Bertz CT molecular complexity index is 678. The minimum Gasteiger partial charge on any atom is -0.334 e. The van der Waals surface area contributed by atoms with Crippen molar-refractivity contribution >= 4 is 16.9 Å². The van der Waals surface area contributed by atoms with E-state index in [0.29, 0.717) is 12.1 Å². The quantitative estimate of drug-likeness (QED) is 0.901. The van der Waals surface area contributed by atoms with E-state index in [4.69, 9.17) is 5.73 Å². The van der Waals surface area contributed by atoms with Gasteiger partial charge in [-0.2, -0.15) is 5.10 Å². The lowest BCUT2D eigenvalue weighted by atomic mass is 10.0. The lowest BCUT2D eigenvalue weighted by Gasteiger charge is -2.35. The van der Waals surface area contributed by atoms with Gasteiger partial charge in [-0.3, -0.25) is 9.48 Å². The first-order chi connectivity index (χ1) is 10.1. The van der Waals surface area contributed by atoms with E-state index in [9.17, 15) is 4.79 Å². The van der Waals surface area contributed by atoms with Crippen LogP contribution in [0.3, 0.4) is 0 Å². The lowest BCUT2D eigenvalue weighted by molar-refractivity contribution is 0.0625. The van der Waals surface area contributed by atoms with E-state index in [1.54, 1.807) is 10.9 Å². The van der Waals surface area contributed by atoms with Gasteiger partial charge in [0, 0.05) is 31.9 Å². The Morgan fingerprint density at radius 1 is 1.48 bits per heavy atom. The fourth-order valence-electron chi connectivity index (χ4n) is 3.08. The van der Waals surface area contributed by atoms with Gasteiger partial charge in [-0.15, -0.1) is 0 Å². The van der Waals surface area contributed by atoms with E-state index in [0.717, 1.165) is 42.5 Å². The molecule has 3 rings (SSSR count). The minimum atomic E-state index is 0.0497. The summed E-state index contributed by atoms with van der Waals surface area (Å²) < 4.78 is 1.70. The molecular formula is C15H21N5O. The molecule has 1 unspecified atom stereocenters. The van der Waals surface area contributed by atoms with Gasteiger partial charge >= 0.3 is 0 Å². The van der Waals surface area contributed by atoms with Crippen molar-refractivity contribution in [3.8, 4) is 0 Å². The summed E-state index contributed by atoms with van der Waals surface area (Å²) in [5.41, 5.74) is 8.10. The molecule has 21 heavy (non-hydrogen) atoms. The van der Waals surface area contributed by atoms with Gasteiger partial charge in [0.25, 0.3) is 5.91 Å². The summed E-state index contributed by atoms with van der Waals surface area (Å²) in [4.78, 5) is 19.3. The van der Waals surface area contributed by atoms with Crippen LogP contribution < -0.4 is 5.73 Å². The highest BCUT2D eigenvalue weighted by molar-refractivity contribution is 6.05. The van der Waals surface area contributed by atoms with E-state index < -0.39 is 0 Å². The Kier molecular flexibility index (Phi) is 3.63. The molecule has 2 aromatic heterocycles. The first-order valence-corrected chi connectivity index (χ1v) is 7.42. The Labute approximate surface area is 123 Å². The van der Waals surface area contributed by atoms with Gasteiger partial charge < -0.3 is 10.6 Å². The molecule has 6 nitrogen and oxygen atoms in total. The highest BCUT2D eigenvalue weighted by atomic mass is 16.2. The van der Waals surface area contributed by atoms with Gasteiger partial charge in [0.05, 0.1) is 17.1 Å². The smallest absolute Gasteiger partial charge is 0.255 e. The molecule has 1 atom stereocenters. The molecule has 0 aliphatic carbocycles. The van der Waals surface area contributed by atoms with Gasteiger partial charge in [0.15, 0.2) is 5.65 Å². The Morgan fingerprint density at radius 3 is 3.05 bits per heavy atom. The molecule has 1 aliphatic rings. The van der Waals surface area contributed by atoms with Crippen LogP contribution in [0.2, 0.25) is 0 Å². The molecular weight excluding hydrogens is 266 g/mol. The number of nitrogens with two attached hydrogens (primary N) is 1. The third-order valence-corrected chi connectivity index (χ3v) is 4.22. The Hall–Kier alpha value is -1.95. The fourth-order valence-corrected chi connectivity index (χ4v) is 3.08. The number of nitrogens with zero attached hydrogens (tertiary/aromatic N) is 4. The van der Waals surface area contributed by atoms with Gasteiger partial charge in [-0.05, 0) is 32.3 Å². The summed E-state index contributed by atoms with van der Waals surface area (Å²) >= 11 is 0. The normalized spacial score (nSPS) is 19.2. The van der Waals surface area contributed by atoms with Crippen LogP contribution in [-0.2, 0) is 7.05 Å². The molecule has 0 aromatic carbocycles. The van der Waals surface area contributed by atoms with Crippen LogP contribution in [0.25, 0.3) is 11.0 Å². The molecule has 0 radical (unpaired) electrons. The fraction of sp³-hybridized carbons (Fsp3) is 0.533. The maximum Gasteiger partial charge on any atom is 0.255 e. The number of carbonyl (C=O) groups is 1. The molecule has 0 bridgehead atoms. The first kappa shape index (κ1) is 14.0. The summed E-state index contributed by atoms with van der Waals surface area (Å²) in [6.07, 6.45) is 4.89. The molecule has 1 aliphatic heterocycles. The van der Waals surface area contributed by atoms with Crippen LogP contribution in [0, 0.1) is 6.92 Å². The number of amides is 1. The first-order valence-electron chi connectivity index (χ1n) is 7.42. The molecule has 0 spiro atoms. The predicted octanol–water partition coefficient (Wildman–Crippen LogP) is 1.23. The Morgan fingerprint density at radius 2 is 2.29 bits per heavy atom. The van der Waals surface area contributed by atoms with Crippen LogP contribution >= 0.6 is 0 Å². The molecule has 112 valence electrons. The standard InChI is InChI=1S/C15H21N5O/c1-10-7-12(13-9-17-19(2)14(13)18-10)15(21)20-6-4-3-5-11(20)8-16/h7,9,11H,3-6,8,16H2,1-2H3. The van der Waals surface area contributed by atoms with Crippen LogP contribution in [0.15, 0.2) is 12.3 Å². The highest BCUT2D eigenvalue weighted by Crippen LogP contribution is 2.23. The molecule has 3 heterocycles.